The summed E-state index contributed by atoms with van der Waals surface area (Å²) in [7, 11) is 4.22. The smallest absolute Gasteiger partial charge is 0.223 e. The number of likely N-dealkylation sites (tertiary alicyclic amines) is 1. The fourth-order valence-electron chi connectivity index (χ4n) is 2.71. The molecule has 6 heteroatoms. The lowest BCUT2D eigenvalue weighted by molar-refractivity contribution is 0.101. The van der Waals surface area contributed by atoms with Crippen LogP contribution < -0.4 is 5.32 Å². The number of hydrogen-bond donors (Lipinski definition) is 1. The van der Waals surface area contributed by atoms with Gasteiger partial charge in [0.2, 0.25) is 5.95 Å². The summed E-state index contributed by atoms with van der Waals surface area (Å²) >= 11 is 0. The van der Waals surface area contributed by atoms with Gasteiger partial charge in [-0.25, -0.2) is 9.97 Å². The molecule has 0 atom stereocenters. The number of nitrogens with zero attached hydrogens (tertiary/aromatic N) is 4. The second-order valence-electron chi connectivity index (χ2n) is 6.31. The Morgan fingerprint density at radius 1 is 1.41 bits per heavy atom. The summed E-state index contributed by atoms with van der Waals surface area (Å²) in [5.41, 5.74) is 1.34. The van der Waals surface area contributed by atoms with Gasteiger partial charge >= 0.3 is 0 Å². The average molecular weight is 305 g/mol. The molecule has 1 aromatic heterocycles. The molecule has 0 aromatic carbocycles. The fraction of sp³-hybridized carbons (Fsp3) is 0.688. The molecule has 1 N–H and O–H groups in total. The average Bonchev–Trinajstić information content (AvgIpc) is 2.46. The molecular formula is C16H27N5O. The minimum absolute atomic E-state index is 0.0123. The number of carbonyl (C=O) groups excluding carboxylic acids is 1. The molecule has 0 bridgehead atoms. The number of hydrogen-bond acceptors (Lipinski definition) is 6. The Hall–Kier alpha value is -1.53. The van der Waals surface area contributed by atoms with Gasteiger partial charge in [0.1, 0.15) is 0 Å². The minimum Gasteiger partial charge on any atom is -0.351 e. The number of anilines is 1. The highest BCUT2D eigenvalue weighted by Gasteiger charge is 2.20. The summed E-state index contributed by atoms with van der Waals surface area (Å²) in [6.45, 7) is 7.84. The van der Waals surface area contributed by atoms with Crippen LogP contribution in [0, 0.1) is 6.92 Å². The van der Waals surface area contributed by atoms with Gasteiger partial charge in [-0.15, -0.1) is 0 Å². The number of piperidine rings is 1. The summed E-state index contributed by atoms with van der Waals surface area (Å²) < 4.78 is 0. The summed E-state index contributed by atoms with van der Waals surface area (Å²) in [5, 5.41) is 3.40. The van der Waals surface area contributed by atoms with E-state index in [1.54, 1.807) is 13.1 Å². The van der Waals surface area contributed by atoms with Gasteiger partial charge in [-0.05, 0) is 40.8 Å². The number of rotatable bonds is 6. The lowest BCUT2D eigenvalue weighted by Crippen LogP contribution is -2.42. The van der Waals surface area contributed by atoms with Gasteiger partial charge in [0.25, 0.3) is 0 Å². The Morgan fingerprint density at radius 3 is 2.64 bits per heavy atom. The lowest BCUT2D eigenvalue weighted by Gasteiger charge is -2.32. The molecule has 0 aliphatic carbocycles. The van der Waals surface area contributed by atoms with Crippen molar-refractivity contribution < 1.29 is 4.79 Å². The normalized spacial score (nSPS) is 17.0. The Bertz CT molecular complexity index is 509. The second kappa shape index (κ2) is 7.65. The maximum atomic E-state index is 11.4. The molecule has 1 fully saturated rings. The third kappa shape index (κ3) is 4.74. The fourth-order valence-corrected chi connectivity index (χ4v) is 2.71. The van der Waals surface area contributed by atoms with Gasteiger partial charge < -0.3 is 15.1 Å². The molecule has 122 valence electrons. The molecule has 22 heavy (non-hydrogen) atoms. The number of carbonyl (C=O) groups is 1. The lowest BCUT2D eigenvalue weighted by atomic mass is 10.1. The Balaban J connectivity index is 1.83. The molecule has 1 aliphatic heterocycles. The van der Waals surface area contributed by atoms with Crippen molar-refractivity contribution in [2.75, 3.05) is 45.6 Å². The SMILES string of the molecule is CC(=O)c1cnc(NC2CCN(CCN(C)C)CC2)nc1C. The first-order valence-electron chi connectivity index (χ1n) is 7.94. The van der Waals surface area contributed by atoms with Crippen LogP contribution in [0.2, 0.25) is 0 Å². The van der Waals surface area contributed by atoms with E-state index in [0.29, 0.717) is 17.6 Å². The molecule has 1 aromatic rings. The van der Waals surface area contributed by atoms with E-state index < -0.39 is 0 Å². The van der Waals surface area contributed by atoms with Crippen LogP contribution in [-0.2, 0) is 0 Å². The van der Waals surface area contributed by atoms with Crippen molar-refractivity contribution in [1.29, 1.82) is 0 Å². The molecule has 0 unspecified atom stereocenters. The second-order valence-corrected chi connectivity index (χ2v) is 6.31. The number of likely N-dealkylation sites (N-methyl/N-ethyl adjacent to an activating group) is 1. The topological polar surface area (TPSA) is 61.4 Å². The largest absolute Gasteiger partial charge is 0.351 e. The van der Waals surface area contributed by atoms with Crippen molar-refractivity contribution in [1.82, 2.24) is 19.8 Å². The predicted octanol–water partition coefficient (Wildman–Crippen LogP) is 1.43. The summed E-state index contributed by atoms with van der Waals surface area (Å²) in [6.07, 6.45) is 3.83. The van der Waals surface area contributed by atoms with Crippen molar-refractivity contribution in [2.24, 2.45) is 0 Å². The third-order valence-corrected chi connectivity index (χ3v) is 4.14. The molecule has 0 spiro atoms. The monoisotopic (exact) mass is 305 g/mol. The zero-order valence-corrected chi connectivity index (χ0v) is 14.1. The molecule has 0 saturated carbocycles. The highest BCUT2D eigenvalue weighted by molar-refractivity contribution is 5.94. The van der Waals surface area contributed by atoms with Gasteiger partial charge in [0.15, 0.2) is 5.78 Å². The van der Waals surface area contributed by atoms with E-state index in [1.165, 1.54) is 0 Å². The molecule has 0 amide bonds. The van der Waals surface area contributed by atoms with Gasteiger partial charge in [-0.1, -0.05) is 0 Å². The highest BCUT2D eigenvalue weighted by atomic mass is 16.1. The highest BCUT2D eigenvalue weighted by Crippen LogP contribution is 2.15. The van der Waals surface area contributed by atoms with E-state index in [2.05, 4.69) is 39.2 Å². The van der Waals surface area contributed by atoms with Crippen LogP contribution in [0.25, 0.3) is 0 Å². The van der Waals surface area contributed by atoms with Crippen molar-refractivity contribution in [3.63, 3.8) is 0 Å². The maximum Gasteiger partial charge on any atom is 0.223 e. The number of aryl methyl sites for hydroxylation is 1. The molecule has 2 rings (SSSR count). The Morgan fingerprint density at radius 2 is 2.09 bits per heavy atom. The molecule has 1 aliphatic rings. The van der Waals surface area contributed by atoms with Gasteiger partial charge in [0.05, 0.1) is 11.3 Å². The van der Waals surface area contributed by atoms with E-state index in [-0.39, 0.29) is 5.78 Å². The summed E-state index contributed by atoms with van der Waals surface area (Å²) in [4.78, 5) is 24.8. The molecule has 0 radical (unpaired) electrons. The van der Waals surface area contributed by atoms with Crippen LogP contribution in [0.3, 0.4) is 0 Å². The Kier molecular flexibility index (Phi) is 5.85. The van der Waals surface area contributed by atoms with Crippen LogP contribution >= 0.6 is 0 Å². The third-order valence-electron chi connectivity index (χ3n) is 4.14. The first-order chi connectivity index (χ1) is 10.5. The van der Waals surface area contributed by atoms with Crippen LogP contribution in [-0.4, -0.2) is 71.9 Å². The van der Waals surface area contributed by atoms with Crippen molar-refractivity contribution in [3.8, 4) is 0 Å². The van der Waals surface area contributed by atoms with E-state index in [0.717, 1.165) is 44.7 Å². The summed E-state index contributed by atoms with van der Waals surface area (Å²) in [5.74, 6) is 0.646. The Labute approximate surface area is 132 Å². The van der Waals surface area contributed by atoms with Gasteiger partial charge in [-0.2, -0.15) is 0 Å². The number of ketones is 1. The van der Waals surface area contributed by atoms with E-state index in [9.17, 15) is 4.79 Å². The quantitative estimate of drug-likeness (QED) is 0.802. The predicted molar refractivity (Wildman–Crippen MR) is 88.4 cm³/mol. The molecule has 6 nitrogen and oxygen atoms in total. The minimum atomic E-state index is 0.0123. The molecule has 2 heterocycles. The molecular weight excluding hydrogens is 278 g/mol. The van der Waals surface area contributed by atoms with Crippen molar-refractivity contribution in [2.45, 2.75) is 32.7 Å². The zero-order valence-electron chi connectivity index (χ0n) is 14.1. The van der Waals surface area contributed by atoms with Crippen LogP contribution in [0.5, 0.6) is 0 Å². The number of aromatic nitrogens is 2. The molecule has 1 saturated heterocycles. The first-order valence-corrected chi connectivity index (χ1v) is 7.94. The van der Waals surface area contributed by atoms with E-state index >= 15 is 0 Å². The summed E-state index contributed by atoms with van der Waals surface area (Å²) in [6, 6.07) is 0.415. The van der Waals surface area contributed by atoms with Gasteiger partial charge in [0, 0.05) is 38.4 Å². The van der Waals surface area contributed by atoms with Crippen molar-refractivity contribution >= 4 is 11.7 Å². The van der Waals surface area contributed by atoms with Crippen LogP contribution in [0.1, 0.15) is 35.8 Å². The number of nitrogens with one attached hydrogen (secondary N) is 1. The van der Waals surface area contributed by atoms with E-state index in [1.807, 2.05) is 6.92 Å². The van der Waals surface area contributed by atoms with Gasteiger partial charge in [-0.3, -0.25) is 4.79 Å². The van der Waals surface area contributed by atoms with E-state index in [4.69, 9.17) is 0 Å². The standard InChI is InChI=1S/C16H27N5O/c1-12-15(13(2)22)11-17-16(18-12)19-14-5-7-21(8-6-14)10-9-20(3)4/h11,14H,5-10H2,1-4H3,(H,17,18,19). The number of Topliss-reactive ketones (excluding diaryl/α,β-unsaturated/α-hetero) is 1. The maximum absolute atomic E-state index is 11.4. The first kappa shape index (κ1) is 16.8. The zero-order chi connectivity index (χ0) is 16.1. The van der Waals surface area contributed by atoms with Crippen LogP contribution in [0.15, 0.2) is 6.20 Å². The van der Waals surface area contributed by atoms with Crippen molar-refractivity contribution in [3.05, 3.63) is 17.5 Å². The van der Waals surface area contributed by atoms with Crippen LogP contribution in [0.4, 0.5) is 5.95 Å².